The van der Waals surface area contributed by atoms with Gasteiger partial charge in [0.25, 0.3) is 11.8 Å². The lowest BCUT2D eigenvalue weighted by atomic mass is 10.1. The summed E-state index contributed by atoms with van der Waals surface area (Å²) in [6.45, 7) is 3.57. The number of isocyanates is 1. The molecule has 0 bridgehead atoms. The number of nitrogens with zero attached hydrogens (tertiary/aromatic N) is 2. The van der Waals surface area contributed by atoms with Crippen molar-refractivity contribution in [1.29, 1.82) is 0 Å². The van der Waals surface area contributed by atoms with E-state index in [9.17, 15) is 14.4 Å². The van der Waals surface area contributed by atoms with E-state index in [0.717, 1.165) is 4.90 Å². The van der Waals surface area contributed by atoms with Crippen LogP contribution in [0, 0.1) is 5.92 Å². The molecule has 5 heteroatoms. The van der Waals surface area contributed by atoms with Gasteiger partial charge in [-0.2, -0.15) is 4.99 Å². The SMILES string of the molecule is CC(C)C(N=C=O)N1C(=O)c2ccccc2C1=O. The minimum absolute atomic E-state index is 0.145. The van der Waals surface area contributed by atoms with Crippen LogP contribution in [0.25, 0.3) is 0 Å². The highest BCUT2D eigenvalue weighted by Gasteiger charge is 2.40. The maximum atomic E-state index is 12.1. The smallest absolute Gasteiger partial charge is 0.263 e. The van der Waals surface area contributed by atoms with E-state index < -0.39 is 18.0 Å². The van der Waals surface area contributed by atoms with E-state index in [-0.39, 0.29) is 5.92 Å². The van der Waals surface area contributed by atoms with Gasteiger partial charge in [-0.25, -0.2) is 9.69 Å². The Bertz CT molecular complexity index is 524. The molecule has 92 valence electrons. The van der Waals surface area contributed by atoms with Gasteiger partial charge >= 0.3 is 0 Å². The van der Waals surface area contributed by atoms with E-state index in [2.05, 4.69) is 4.99 Å². The number of hydrogen-bond acceptors (Lipinski definition) is 4. The molecule has 1 aliphatic heterocycles. The minimum Gasteiger partial charge on any atom is -0.268 e. The highest BCUT2D eigenvalue weighted by atomic mass is 16.2. The lowest BCUT2D eigenvalue weighted by Crippen LogP contribution is -2.41. The van der Waals surface area contributed by atoms with Crippen LogP contribution in [0.15, 0.2) is 29.3 Å². The van der Waals surface area contributed by atoms with Crippen molar-refractivity contribution in [3.05, 3.63) is 35.4 Å². The van der Waals surface area contributed by atoms with E-state index in [0.29, 0.717) is 11.1 Å². The summed E-state index contributed by atoms with van der Waals surface area (Å²) in [5.41, 5.74) is 0.712. The zero-order valence-electron chi connectivity index (χ0n) is 10.1. The van der Waals surface area contributed by atoms with Gasteiger partial charge in [-0.3, -0.25) is 9.59 Å². The second kappa shape index (κ2) is 4.55. The Morgan fingerprint density at radius 2 is 1.61 bits per heavy atom. The van der Waals surface area contributed by atoms with Gasteiger partial charge in [0.05, 0.1) is 11.1 Å². The Hall–Kier alpha value is -2.26. The summed E-state index contributed by atoms with van der Waals surface area (Å²) >= 11 is 0. The van der Waals surface area contributed by atoms with Gasteiger partial charge in [-0.05, 0) is 18.1 Å². The van der Waals surface area contributed by atoms with Crippen LogP contribution in [0.4, 0.5) is 0 Å². The van der Waals surface area contributed by atoms with E-state index in [4.69, 9.17) is 0 Å². The van der Waals surface area contributed by atoms with Gasteiger partial charge in [-0.1, -0.05) is 26.0 Å². The molecule has 0 saturated heterocycles. The summed E-state index contributed by atoms with van der Waals surface area (Å²) in [5.74, 6) is -0.963. The number of amides is 2. The number of fused-ring (bicyclic) bond motifs is 1. The Balaban J connectivity index is 2.47. The van der Waals surface area contributed by atoms with Gasteiger partial charge in [0.1, 0.15) is 6.17 Å². The number of aliphatic imine (C=N–C) groups is 1. The van der Waals surface area contributed by atoms with Crippen LogP contribution in [-0.2, 0) is 4.79 Å². The average Bonchev–Trinajstić information content (AvgIpc) is 2.60. The third-order valence-corrected chi connectivity index (χ3v) is 2.87. The van der Waals surface area contributed by atoms with Gasteiger partial charge < -0.3 is 0 Å². The zero-order valence-corrected chi connectivity index (χ0v) is 10.1. The lowest BCUT2D eigenvalue weighted by Gasteiger charge is -2.24. The molecule has 2 rings (SSSR count). The third kappa shape index (κ3) is 1.75. The number of carbonyl (C=O) groups is 2. The van der Waals surface area contributed by atoms with Crippen LogP contribution in [0.3, 0.4) is 0 Å². The molecule has 0 radical (unpaired) electrons. The average molecular weight is 244 g/mol. The molecule has 0 spiro atoms. The molecule has 0 aromatic heterocycles. The summed E-state index contributed by atoms with van der Waals surface area (Å²) in [4.78, 5) is 39.3. The number of benzene rings is 1. The monoisotopic (exact) mass is 244 g/mol. The van der Waals surface area contributed by atoms with Gasteiger partial charge in [0.15, 0.2) is 0 Å². The standard InChI is InChI=1S/C13H12N2O3/c1-8(2)11(14-7-16)15-12(17)9-5-3-4-6-10(9)13(15)18/h3-6,8,11H,1-2H3. The molecular weight excluding hydrogens is 232 g/mol. The number of imide groups is 1. The Labute approximate surface area is 104 Å². The second-order valence-corrected chi connectivity index (χ2v) is 4.40. The zero-order chi connectivity index (χ0) is 13.3. The Morgan fingerprint density at radius 3 is 2.00 bits per heavy atom. The van der Waals surface area contributed by atoms with Crippen LogP contribution in [0.1, 0.15) is 34.6 Å². The first-order chi connectivity index (χ1) is 8.57. The largest absolute Gasteiger partial charge is 0.268 e. The van der Waals surface area contributed by atoms with Crippen molar-refractivity contribution in [1.82, 2.24) is 4.90 Å². The molecule has 18 heavy (non-hydrogen) atoms. The first-order valence-corrected chi connectivity index (χ1v) is 5.61. The molecule has 0 aliphatic carbocycles. The van der Waals surface area contributed by atoms with Crippen LogP contribution in [-0.4, -0.2) is 29.0 Å². The van der Waals surface area contributed by atoms with E-state index in [1.165, 1.54) is 6.08 Å². The molecule has 5 nitrogen and oxygen atoms in total. The van der Waals surface area contributed by atoms with Crippen LogP contribution >= 0.6 is 0 Å². The molecule has 0 fully saturated rings. The molecule has 2 amide bonds. The molecule has 1 aromatic rings. The topological polar surface area (TPSA) is 66.8 Å². The first-order valence-electron chi connectivity index (χ1n) is 5.61. The van der Waals surface area contributed by atoms with Crippen molar-refractivity contribution in [2.24, 2.45) is 10.9 Å². The fraction of sp³-hybridized carbons (Fsp3) is 0.308. The van der Waals surface area contributed by atoms with Crippen molar-refractivity contribution in [2.75, 3.05) is 0 Å². The maximum Gasteiger partial charge on any atom is 0.263 e. The highest BCUT2D eigenvalue weighted by molar-refractivity contribution is 6.21. The van der Waals surface area contributed by atoms with Crippen molar-refractivity contribution in [3.8, 4) is 0 Å². The summed E-state index contributed by atoms with van der Waals surface area (Å²) in [6.07, 6.45) is 0.626. The summed E-state index contributed by atoms with van der Waals surface area (Å²) in [7, 11) is 0. The summed E-state index contributed by atoms with van der Waals surface area (Å²) < 4.78 is 0. The molecule has 1 unspecified atom stereocenters. The Kier molecular flexibility index (Phi) is 3.08. The molecular formula is C13H12N2O3. The first kappa shape index (κ1) is 12.2. The fourth-order valence-electron chi connectivity index (χ4n) is 2.01. The fourth-order valence-corrected chi connectivity index (χ4v) is 2.01. The quantitative estimate of drug-likeness (QED) is 0.461. The summed E-state index contributed by atoms with van der Waals surface area (Å²) in [6, 6.07) is 6.58. The molecule has 0 saturated carbocycles. The minimum atomic E-state index is -0.796. The van der Waals surface area contributed by atoms with E-state index >= 15 is 0 Å². The van der Waals surface area contributed by atoms with Crippen LogP contribution in [0.2, 0.25) is 0 Å². The maximum absolute atomic E-state index is 12.1. The van der Waals surface area contributed by atoms with Gasteiger partial charge in [-0.15, -0.1) is 0 Å². The molecule has 0 N–H and O–H groups in total. The van der Waals surface area contributed by atoms with E-state index in [1.54, 1.807) is 38.1 Å². The number of hydrogen-bond donors (Lipinski definition) is 0. The van der Waals surface area contributed by atoms with Crippen LogP contribution in [0.5, 0.6) is 0 Å². The second-order valence-electron chi connectivity index (χ2n) is 4.40. The van der Waals surface area contributed by atoms with Gasteiger partial charge in [0.2, 0.25) is 6.08 Å². The van der Waals surface area contributed by atoms with Crippen molar-refractivity contribution < 1.29 is 14.4 Å². The third-order valence-electron chi connectivity index (χ3n) is 2.87. The summed E-state index contributed by atoms with van der Waals surface area (Å²) in [5, 5.41) is 0. The van der Waals surface area contributed by atoms with E-state index in [1.807, 2.05) is 0 Å². The molecule has 1 heterocycles. The molecule has 1 aromatic carbocycles. The number of carbonyl (C=O) groups excluding carboxylic acids is 3. The van der Waals surface area contributed by atoms with Crippen molar-refractivity contribution in [3.63, 3.8) is 0 Å². The number of rotatable bonds is 3. The van der Waals surface area contributed by atoms with Crippen LogP contribution < -0.4 is 0 Å². The highest BCUT2D eigenvalue weighted by Crippen LogP contribution is 2.27. The normalized spacial score (nSPS) is 15.6. The molecule has 1 aliphatic rings. The predicted octanol–water partition coefficient (Wildman–Crippen LogP) is 1.60. The van der Waals surface area contributed by atoms with Crippen molar-refractivity contribution >= 4 is 17.9 Å². The predicted molar refractivity (Wildman–Crippen MR) is 63.7 cm³/mol. The van der Waals surface area contributed by atoms with Crippen molar-refractivity contribution in [2.45, 2.75) is 20.0 Å². The molecule has 1 atom stereocenters. The van der Waals surface area contributed by atoms with Gasteiger partial charge in [0, 0.05) is 0 Å². The lowest BCUT2D eigenvalue weighted by molar-refractivity contribution is 0.0550. The Morgan fingerprint density at radius 1 is 1.11 bits per heavy atom.